The Labute approximate surface area is 177 Å². The van der Waals surface area contributed by atoms with Crippen molar-refractivity contribution >= 4 is 34.0 Å². The third kappa shape index (κ3) is 4.23. The van der Waals surface area contributed by atoms with Crippen LogP contribution in [-0.4, -0.2) is 26.4 Å². The lowest BCUT2D eigenvalue weighted by Crippen LogP contribution is -2.14. The van der Waals surface area contributed by atoms with Gasteiger partial charge >= 0.3 is 0 Å². The number of carbonyl (C=O) groups excluding carboxylic acids is 1. The SMILES string of the molecule is Cn1c(SCC(=O)Nc2sc3c(c2C#N)CCCCCC3)nnc1-c1ccco1. The van der Waals surface area contributed by atoms with Gasteiger partial charge in [-0.1, -0.05) is 24.6 Å². The van der Waals surface area contributed by atoms with Crippen LogP contribution in [0.5, 0.6) is 0 Å². The predicted octanol–water partition coefficient (Wildman–Crippen LogP) is 4.40. The molecule has 0 aliphatic heterocycles. The first-order valence-corrected chi connectivity index (χ1v) is 11.4. The number of nitriles is 1. The van der Waals surface area contributed by atoms with Crippen LogP contribution in [0.4, 0.5) is 5.00 Å². The van der Waals surface area contributed by atoms with E-state index in [0.717, 1.165) is 31.2 Å². The maximum Gasteiger partial charge on any atom is 0.235 e. The zero-order chi connectivity index (χ0) is 20.2. The molecule has 150 valence electrons. The molecule has 0 aromatic carbocycles. The molecule has 7 nitrogen and oxygen atoms in total. The van der Waals surface area contributed by atoms with Gasteiger partial charge < -0.3 is 14.3 Å². The molecular formula is C20H21N5O2S2. The molecule has 0 atom stereocenters. The number of anilines is 1. The van der Waals surface area contributed by atoms with Crippen LogP contribution in [0.3, 0.4) is 0 Å². The number of thiophene rings is 1. The minimum Gasteiger partial charge on any atom is -0.461 e. The maximum absolute atomic E-state index is 12.5. The van der Waals surface area contributed by atoms with E-state index in [2.05, 4.69) is 21.6 Å². The topological polar surface area (TPSA) is 96.7 Å². The highest BCUT2D eigenvalue weighted by Crippen LogP contribution is 2.36. The molecule has 1 aliphatic rings. The highest BCUT2D eigenvalue weighted by atomic mass is 32.2. The predicted molar refractivity (Wildman–Crippen MR) is 113 cm³/mol. The van der Waals surface area contributed by atoms with Gasteiger partial charge in [-0.2, -0.15) is 5.26 Å². The van der Waals surface area contributed by atoms with E-state index < -0.39 is 0 Å². The lowest BCUT2D eigenvalue weighted by molar-refractivity contribution is -0.113. The van der Waals surface area contributed by atoms with Crippen molar-refractivity contribution in [3.8, 4) is 17.7 Å². The average Bonchev–Trinajstić information content (AvgIpc) is 3.40. The molecule has 0 fully saturated rings. The lowest BCUT2D eigenvalue weighted by Gasteiger charge is -2.08. The molecule has 1 N–H and O–H groups in total. The summed E-state index contributed by atoms with van der Waals surface area (Å²) in [5.41, 5.74) is 1.78. The van der Waals surface area contributed by atoms with Gasteiger partial charge in [0.15, 0.2) is 16.7 Å². The number of aryl methyl sites for hydroxylation is 1. The number of rotatable bonds is 5. The molecule has 3 aromatic rings. The summed E-state index contributed by atoms with van der Waals surface area (Å²) in [4.78, 5) is 13.8. The number of nitrogens with zero attached hydrogens (tertiary/aromatic N) is 4. The van der Waals surface area contributed by atoms with Crippen LogP contribution in [0.15, 0.2) is 28.0 Å². The Bertz CT molecular complexity index is 1050. The number of amides is 1. The number of hydrogen-bond donors (Lipinski definition) is 1. The van der Waals surface area contributed by atoms with Crippen molar-refractivity contribution in [2.75, 3.05) is 11.1 Å². The van der Waals surface area contributed by atoms with E-state index in [-0.39, 0.29) is 11.7 Å². The van der Waals surface area contributed by atoms with Gasteiger partial charge in [0.2, 0.25) is 5.91 Å². The van der Waals surface area contributed by atoms with Gasteiger partial charge in [-0.3, -0.25) is 4.79 Å². The average molecular weight is 428 g/mol. The fourth-order valence-corrected chi connectivity index (χ4v) is 5.45. The van der Waals surface area contributed by atoms with Gasteiger partial charge in [0.05, 0.1) is 17.6 Å². The summed E-state index contributed by atoms with van der Waals surface area (Å²) >= 11 is 2.86. The van der Waals surface area contributed by atoms with Crippen molar-refractivity contribution in [1.82, 2.24) is 14.8 Å². The zero-order valence-electron chi connectivity index (χ0n) is 16.1. The Morgan fingerprint density at radius 2 is 2.17 bits per heavy atom. The van der Waals surface area contributed by atoms with Crippen LogP contribution in [0.25, 0.3) is 11.6 Å². The molecule has 3 heterocycles. The second-order valence-corrected chi connectivity index (χ2v) is 8.96. The van der Waals surface area contributed by atoms with Crippen LogP contribution in [0, 0.1) is 11.3 Å². The highest BCUT2D eigenvalue weighted by Gasteiger charge is 2.21. The first-order chi connectivity index (χ1) is 14.2. The fourth-order valence-electron chi connectivity index (χ4n) is 3.48. The van der Waals surface area contributed by atoms with Crippen molar-refractivity contribution < 1.29 is 9.21 Å². The largest absolute Gasteiger partial charge is 0.461 e. The Hall–Kier alpha value is -2.57. The van der Waals surface area contributed by atoms with Crippen molar-refractivity contribution in [1.29, 1.82) is 5.26 Å². The third-order valence-corrected chi connectivity index (χ3v) is 7.17. The van der Waals surface area contributed by atoms with E-state index >= 15 is 0 Å². The molecule has 0 saturated carbocycles. The van der Waals surface area contributed by atoms with Crippen molar-refractivity contribution in [3.63, 3.8) is 0 Å². The Balaban J connectivity index is 1.43. The number of fused-ring (bicyclic) bond motifs is 1. The number of nitrogens with one attached hydrogen (secondary N) is 1. The minimum absolute atomic E-state index is 0.150. The third-order valence-electron chi connectivity index (χ3n) is 4.94. The van der Waals surface area contributed by atoms with Crippen LogP contribution >= 0.6 is 23.1 Å². The number of furan rings is 1. The summed E-state index contributed by atoms with van der Waals surface area (Å²) in [6.07, 6.45) is 8.19. The molecule has 0 unspecified atom stereocenters. The van der Waals surface area contributed by atoms with E-state index in [4.69, 9.17) is 4.42 Å². The number of hydrogen-bond acceptors (Lipinski definition) is 7. The normalized spacial score (nSPS) is 13.9. The molecule has 1 amide bonds. The molecule has 3 aromatic heterocycles. The minimum atomic E-state index is -0.150. The summed E-state index contributed by atoms with van der Waals surface area (Å²) in [5, 5.41) is 22.2. The second-order valence-electron chi connectivity index (χ2n) is 6.91. The van der Waals surface area contributed by atoms with Crippen LogP contribution in [-0.2, 0) is 24.7 Å². The van der Waals surface area contributed by atoms with E-state index in [1.165, 1.54) is 29.5 Å². The number of carbonyl (C=O) groups is 1. The first kappa shape index (κ1) is 19.7. The molecule has 0 bridgehead atoms. The second kappa shape index (κ2) is 8.84. The Morgan fingerprint density at radius 3 is 2.93 bits per heavy atom. The summed E-state index contributed by atoms with van der Waals surface area (Å²) < 4.78 is 7.16. The van der Waals surface area contributed by atoms with E-state index in [1.807, 2.05) is 13.1 Å². The number of thioether (sulfide) groups is 1. The van der Waals surface area contributed by atoms with Crippen LogP contribution < -0.4 is 5.32 Å². The van der Waals surface area contributed by atoms with E-state index in [1.54, 1.807) is 28.2 Å². The maximum atomic E-state index is 12.5. The zero-order valence-corrected chi connectivity index (χ0v) is 17.7. The summed E-state index contributed by atoms with van der Waals surface area (Å²) in [6.45, 7) is 0. The monoisotopic (exact) mass is 427 g/mol. The summed E-state index contributed by atoms with van der Waals surface area (Å²) in [5.74, 6) is 1.29. The molecule has 9 heteroatoms. The van der Waals surface area contributed by atoms with Crippen molar-refractivity contribution in [2.45, 2.75) is 43.7 Å². The molecule has 0 radical (unpaired) electrons. The number of aromatic nitrogens is 3. The molecule has 0 saturated heterocycles. The Kier molecular flexibility index (Phi) is 6.02. The van der Waals surface area contributed by atoms with Gasteiger partial charge in [0.25, 0.3) is 0 Å². The van der Waals surface area contributed by atoms with E-state index in [9.17, 15) is 10.1 Å². The van der Waals surface area contributed by atoms with Crippen molar-refractivity contribution in [2.24, 2.45) is 7.05 Å². The van der Waals surface area contributed by atoms with Crippen LogP contribution in [0.1, 0.15) is 41.7 Å². The van der Waals surface area contributed by atoms with Gasteiger partial charge in [0.1, 0.15) is 11.1 Å². The summed E-state index contributed by atoms with van der Waals surface area (Å²) in [7, 11) is 1.84. The first-order valence-electron chi connectivity index (χ1n) is 9.58. The quantitative estimate of drug-likeness (QED) is 0.606. The molecular weight excluding hydrogens is 406 g/mol. The standard InChI is InChI=1S/C20H21N5O2S2/c1-25-18(15-8-6-10-27-15)23-24-20(25)28-12-17(26)22-19-14(11-21)13-7-4-2-3-5-9-16(13)29-19/h6,8,10H,2-5,7,9,12H2,1H3,(H,22,26). The lowest BCUT2D eigenvalue weighted by atomic mass is 9.97. The van der Waals surface area contributed by atoms with Gasteiger partial charge in [-0.15, -0.1) is 21.5 Å². The molecule has 0 spiro atoms. The highest BCUT2D eigenvalue weighted by molar-refractivity contribution is 7.99. The van der Waals surface area contributed by atoms with Gasteiger partial charge in [0, 0.05) is 11.9 Å². The molecule has 4 rings (SSSR count). The van der Waals surface area contributed by atoms with Gasteiger partial charge in [-0.25, -0.2) is 0 Å². The van der Waals surface area contributed by atoms with Gasteiger partial charge in [-0.05, 0) is 43.4 Å². The summed E-state index contributed by atoms with van der Waals surface area (Å²) in [6, 6.07) is 5.92. The van der Waals surface area contributed by atoms with E-state index in [0.29, 0.717) is 27.3 Å². The Morgan fingerprint density at radius 1 is 1.34 bits per heavy atom. The van der Waals surface area contributed by atoms with Crippen molar-refractivity contribution in [3.05, 3.63) is 34.4 Å². The molecule has 29 heavy (non-hydrogen) atoms. The van der Waals surface area contributed by atoms with Crippen LogP contribution in [0.2, 0.25) is 0 Å². The smallest absolute Gasteiger partial charge is 0.235 e. The fraction of sp³-hybridized carbons (Fsp3) is 0.400. The molecule has 1 aliphatic carbocycles.